The van der Waals surface area contributed by atoms with E-state index in [1.807, 2.05) is 0 Å². The predicted molar refractivity (Wildman–Crippen MR) is 123 cm³/mol. The molecule has 4 nitrogen and oxygen atoms in total. The van der Waals surface area contributed by atoms with Crippen LogP contribution in [-0.4, -0.2) is 29.4 Å². The van der Waals surface area contributed by atoms with Crippen molar-refractivity contribution in [3.8, 4) is 0 Å². The molecule has 2 atom stereocenters. The molecule has 0 aliphatic heterocycles. The zero-order chi connectivity index (χ0) is 21.8. The fraction of sp³-hybridized carbons (Fsp3) is 1.00. The van der Waals surface area contributed by atoms with Crippen molar-refractivity contribution in [2.24, 2.45) is 0 Å². The Bertz CT molecular complexity index is 442. The molecule has 2 unspecified atom stereocenters. The van der Waals surface area contributed by atoms with Gasteiger partial charge in [-0.05, 0) is 25.7 Å². The average Bonchev–Trinajstić information content (AvgIpc) is 2.67. The van der Waals surface area contributed by atoms with Gasteiger partial charge in [-0.15, -0.1) is 0 Å². The van der Waals surface area contributed by atoms with E-state index in [1.54, 1.807) is 0 Å². The van der Waals surface area contributed by atoms with Crippen molar-refractivity contribution in [2.75, 3.05) is 0 Å². The molecule has 0 saturated heterocycles. The summed E-state index contributed by atoms with van der Waals surface area (Å²) >= 11 is 0. The number of unbranched alkanes of at least 4 members (excludes halogenated alkanes) is 13. The third-order valence-electron chi connectivity index (χ3n) is 5.99. The zero-order valence-electron chi connectivity index (χ0n) is 20.4. The Hall–Kier alpha value is 1.51. The maximum atomic E-state index is 11.5. The van der Waals surface area contributed by atoms with Crippen LogP contribution in [0.4, 0.5) is 0 Å². The molecule has 0 aromatic carbocycles. The molecule has 0 amide bonds. The van der Waals surface area contributed by atoms with Crippen molar-refractivity contribution < 1.29 is 69.5 Å². The van der Waals surface area contributed by atoms with Gasteiger partial charge in [-0.1, -0.05) is 117 Å². The Labute approximate surface area is 230 Å². The fourth-order valence-electron chi connectivity index (χ4n) is 4.00. The Morgan fingerprint density at radius 2 is 0.900 bits per heavy atom. The van der Waals surface area contributed by atoms with E-state index >= 15 is 0 Å². The molecule has 0 aliphatic rings. The van der Waals surface area contributed by atoms with Crippen LogP contribution in [0.2, 0.25) is 0 Å². The third-order valence-corrected chi connectivity index (χ3v) is 7.28. The molecular weight excluding hydrogens is 423 g/mol. The van der Waals surface area contributed by atoms with Gasteiger partial charge in [0.1, 0.15) is 0 Å². The second-order valence-electron chi connectivity index (χ2n) is 8.87. The number of aliphatic hydroxyl groups is 1. The van der Waals surface area contributed by atoms with E-state index < -0.39 is 15.4 Å². The zero-order valence-corrected chi connectivity index (χ0v) is 24.3. The first-order chi connectivity index (χ1) is 13.9. The molecule has 0 bridgehead atoms. The maximum Gasteiger partial charge on any atom is 1.00 e. The van der Waals surface area contributed by atoms with Crippen molar-refractivity contribution in [1.82, 2.24) is 0 Å². The molecule has 0 fully saturated rings. The number of hydrogen-bond donors (Lipinski definition) is 1. The fourth-order valence-corrected chi connectivity index (χ4v) is 4.91. The molecule has 0 saturated carbocycles. The summed E-state index contributed by atoms with van der Waals surface area (Å²) in [6, 6.07) is 0. The van der Waals surface area contributed by atoms with Crippen molar-refractivity contribution in [1.29, 1.82) is 0 Å². The van der Waals surface area contributed by atoms with Gasteiger partial charge in [0.25, 0.3) is 0 Å². The first-order valence-electron chi connectivity index (χ1n) is 12.5. The number of hydrogen-bond acceptors (Lipinski definition) is 4. The van der Waals surface area contributed by atoms with Crippen LogP contribution >= 0.6 is 0 Å². The van der Waals surface area contributed by atoms with E-state index in [-0.39, 0.29) is 57.5 Å². The Morgan fingerprint density at radius 1 is 0.600 bits per heavy atom. The molecule has 6 heteroatoms. The Kier molecular flexibility index (Phi) is 26.6. The van der Waals surface area contributed by atoms with Crippen LogP contribution < -0.4 is 51.4 Å². The molecule has 0 radical (unpaired) electrons. The molecule has 0 aromatic rings. The van der Waals surface area contributed by atoms with Gasteiger partial charge in [-0.25, -0.2) is 8.42 Å². The van der Waals surface area contributed by atoms with E-state index in [0.717, 1.165) is 51.4 Å². The van der Waals surface area contributed by atoms with E-state index in [1.165, 1.54) is 64.2 Å². The normalized spacial score (nSPS) is 13.7. The Balaban J connectivity index is 0. The first kappa shape index (κ1) is 33.7. The monoisotopic (exact) mass is 472 g/mol. The standard InChI is InChI=1S/C24H50O4S.K/c1-3-5-7-9-11-12-13-15-19-23(25)20-17-18-22-24(29(26,27)28)21-16-14-10-8-6-4-2;/h23-25H,3-22H2,1-2H3,(H,26,27,28);/q;+1/p-1. The SMILES string of the molecule is CCCCCCCCCCC(O)CCCCC(CCCCCCCC)S(=O)(=O)[O-].[K+]. The summed E-state index contributed by atoms with van der Waals surface area (Å²) in [6.07, 6.45) is 20.5. The van der Waals surface area contributed by atoms with Crippen molar-refractivity contribution in [2.45, 2.75) is 154 Å². The molecular formula is C24H49KO4S. The van der Waals surface area contributed by atoms with Gasteiger partial charge in [0, 0.05) is 5.25 Å². The largest absolute Gasteiger partial charge is 1.00 e. The number of aliphatic hydroxyl groups excluding tert-OH is 1. The van der Waals surface area contributed by atoms with Crippen molar-refractivity contribution >= 4 is 10.1 Å². The van der Waals surface area contributed by atoms with Gasteiger partial charge in [0.05, 0.1) is 16.2 Å². The average molecular weight is 473 g/mol. The molecule has 30 heavy (non-hydrogen) atoms. The van der Waals surface area contributed by atoms with Gasteiger partial charge in [0.2, 0.25) is 0 Å². The summed E-state index contributed by atoms with van der Waals surface area (Å²) in [5.74, 6) is 0. The second kappa shape index (κ2) is 23.7. The summed E-state index contributed by atoms with van der Waals surface area (Å²) in [7, 11) is -4.20. The predicted octanol–water partition coefficient (Wildman–Crippen LogP) is 4.11. The van der Waals surface area contributed by atoms with Gasteiger partial charge in [0.15, 0.2) is 0 Å². The van der Waals surface area contributed by atoms with Gasteiger partial charge < -0.3 is 9.66 Å². The first-order valence-corrected chi connectivity index (χ1v) is 14.0. The van der Waals surface area contributed by atoms with E-state index in [0.29, 0.717) is 12.8 Å². The third kappa shape index (κ3) is 22.7. The summed E-state index contributed by atoms with van der Waals surface area (Å²) in [5, 5.41) is 9.37. The minimum absolute atomic E-state index is 0. The summed E-state index contributed by atoms with van der Waals surface area (Å²) in [5.41, 5.74) is 0. The topological polar surface area (TPSA) is 77.4 Å². The quantitative estimate of drug-likeness (QED) is 0.146. The summed E-state index contributed by atoms with van der Waals surface area (Å²) in [6.45, 7) is 4.41. The minimum Gasteiger partial charge on any atom is -0.748 e. The van der Waals surface area contributed by atoms with Crippen LogP contribution in [0.3, 0.4) is 0 Å². The molecule has 0 rings (SSSR count). The molecule has 1 N–H and O–H groups in total. The van der Waals surface area contributed by atoms with Gasteiger partial charge in [-0.2, -0.15) is 0 Å². The van der Waals surface area contributed by atoms with E-state index in [4.69, 9.17) is 0 Å². The summed E-state index contributed by atoms with van der Waals surface area (Å²) in [4.78, 5) is 0. The van der Waals surface area contributed by atoms with Gasteiger partial charge >= 0.3 is 51.4 Å². The molecule has 176 valence electrons. The van der Waals surface area contributed by atoms with E-state index in [2.05, 4.69) is 13.8 Å². The smallest absolute Gasteiger partial charge is 0.748 e. The van der Waals surface area contributed by atoms with Crippen LogP contribution in [-0.2, 0) is 10.1 Å². The van der Waals surface area contributed by atoms with Crippen molar-refractivity contribution in [3.05, 3.63) is 0 Å². The van der Waals surface area contributed by atoms with Gasteiger partial charge in [-0.3, -0.25) is 0 Å². The molecule has 0 aromatic heterocycles. The molecule has 0 heterocycles. The van der Waals surface area contributed by atoms with Crippen molar-refractivity contribution in [3.63, 3.8) is 0 Å². The molecule has 0 aliphatic carbocycles. The van der Waals surface area contributed by atoms with Crippen LogP contribution in [0.5, 0.6) is 0 Å². The van der Waals surface area contributed by atoms with Crippen LogP contribution in [0.25, 0.3) is 0 Å². The maximum absolute atomic E-state index is 11.5. The minimum atomic E-state index is -4.20. The second-order valence-corrected chi connectivity index (χ2v) is 10.5. The van der Waals surface area contributed by atoms with Crippen LogP contribution in [0.15, 0.2) is 0 Å². The summed E-state index contributed by atoms with van der Waals surface area (Å²) < 4.78 is 34.5. The van der Waals surface area contributed by atoms with Crippen LogP contribution in [0.1, 0.15) is 142 Å². The number of rotatable bonds is 22. The van der Waals surface area contributed by atoms with E-state index in [9.17, 15) is 18.1 Å². The molecule has 0 spiro atoms. The Morgan fingerprint density at radius 3 is 1.30 bits per heavy atom. The van der Waals surface area contributed by atoms with Crippen LogP contribution in [0, 0.1) is 0 Å².